The zero-order valence-electron chi connectivity index (χ0n) is 10.8. The van der Waals surface area contributed by atoms with Crippen LogP contribution in [0.1, 0.15) is 44.9 Å². The Balaban J connectivity index is 1.64. The average molecular weight is 235 g/mol. The van der Waals surface area contributed by atoms with Crippen molar-refractivity contribution in [2.45, 2.75) is 51.0 Å². The fourth-order valence-electron chi connectivity index (χ4n) is 3.12. The van der Waals surface area contributed by atoms with Crippen molar-refractivity contribution in [2.75, 3.05) is 26.2 Å². The van der Waals surface area contributed by atoms with Crippen molar-refractivity contribution in [1.82, 2.24) is 10.2 Å². The van der Waals surface area contributed by atoms with Crippen molar-refractivity contribution in [3.63, 3.8) is 0 Å². The molecule has 0 radical (unpaired) electrons. The second-order valence-corrected chi connectivity index (χ2v) is 5.48. The van der Waals surface area contributed by atoms with Gasteiger partial charge in [-0.1, -0.05) is 19.3 Å². The molecule has 0 aromatic heterocycles. The molecule has 2 fully saturated rings. The van der Waals surface area contributed by atoms with Crippen LogP contribution >= 0.6 is 0 Å². The van der Waals surface area contributed by atoms with E-state index in [1.54, 1.807) is 0 Å². The smallest absolute Gasteiger partial charge is 0.0672 e. The minimum Gasteiger partial charge on any atom is -0.311 e. The first-order chi connectivity index (χ1) is 8.40. The van der Waals surface area contributed by atoms with Gasteiger partial charge < -0.3 is 10.2 Å². The SMILES string of the molecule is N#CC1CCCCC1NCCN1CCCCC1. The lowest BCUT2D eigenvalue weighted by Crippen LogP contribution is -2.43. The molecule has 1 aliphatic heterocycles. The first kappa shape index (κ1) is 12.9. The quantitative estimate of drug-likeness (QED) is 0.811. The van der Waals surface area contributed by atoms with Gasteiger partial charge in [0.2, 0.25) is 0 Å². The van der Waals surface area contributed by atoms with Crippen molar-refractivity contribution < 1.29 is 0 Å². The highest BCUT2D eigenvalue weighted by atomic mass is 15.1. The van der Waals surface area contributed by atoms with Crippen LogP contribution in [0.2, 0.25) is 0 Å². The Morgan fingerprint density at radius 3 is 2.59 bits per heavy atom. The lowest BCUT2D eigenvalue weighted by Gasteiger charge is -2.30. The molecule has 0 amide bonds. The molecule has 1 saturated carbocycles. The lowest BCUT2D eigenvalue weighted by atomic mass is 9.85. The number of nitrogens with zero attached hydrogens (tertiary/aromatic N) is 2. The van der Waals surface area contributed by atoms with Crippen molar-refractivity contribution >= 4 is 0 Å². The fraction of sp³-hybridized carbons (Fsp3) is 0.929. The third-order valence-electron chi connectivity index (χ3n) is 4.22. The van der Waals surface area contributed by atoms with E-state index in [1.165, 1.54) is 51.6 Å². The van der Waals surface area contributed by atoms with Crippen LogP contribution in [-0.2, 0) is 0 Å². The number of piperidine rings is 1. The molecule has 1 aliphatic carbocycles. The molecule has 2 aliphatic rings. The van der Waals surface area contributed by atoms with E-state index in [1.807, 2.05) is 0 Å². The summed E-state index contributed by atoms with van der Waals surface area (Å²) in [5.74, 6) is 0.255. The van der Waals surface area contributed by atoms with Gasteiger partial charge in [-0.25, -0.2) is 0 Å². The maximum absolute atomic E-state index is 9.11. The predicted octanol–water partition coefficient (Wildman–Crippen LogP) is 2.14. The lowest BCUT2D eigenvalue weighted by molar-refractivity contribution is 0.218. The summed E-state index contributed by atoms with van der Waals surface area (Å²) in [5, 5.41) is 12.7. The minimum atomic E-state index is 0.255. The Morgan fingerprint density at radius 1 is 1.06 bits per heavy atom. The molecule has 2 atom stereocenters. The van der Waals surface area contributed by atoms with Gasteiger partial charge in [0.05, 0.1) is 12.0 Å². The maximum Gasteiger partial charge on any atom is 0.0672 e. The van der Waals surface area contributed by atoms with Crippen LogP contribution in [0.5, 0.6) is 0 Å². The summed E-state index contributed by atoms with van der Waals surface area (Å²) < 4.78 is 0. The Morgan fingerprint density at radius 2 is 1.82 bits per heavy atom. The summed E-state index contributed by atoms with van der Waals surface area (Å²) in [4.78, 5) is 2.56. The third-order valence-corrected chi connectivity index (χ3v) is 4.22. The monoisotopic (exact) mass is 235 g/mol. The number of nitriles is 1. The highest BCUT2D eigenvalue weighted by Crippen LogP contribution is 2.23. The molecule has 0 bridgehead atoms. The summed E-state index contributed by atoms with van der Waals surface area (Å²) in [7, 11) is 0. The number of hydrogen-bond donors (Lipinski definition) is 1. The molecule has 0 spiro atoms. The van der Waals surface area contributed by atoms with Gasteiger partial charge >= 0.3 is 0 Å². The highest BCUT2D eigenvalue weighted by Gasteiger charge is 2.24. The Hall–Kier alpha value is -0.590. The summed E-state index contributed by atoms with van der Waals surface area (Å²) in [6.07, 6.45) is 8.95. The highest BCUT2D eigenvalue weighted by molar-refractivity contribution is 4.94. The molecule has 17 heavy (non-hydrogen) atoms. The van der Waals surface area contributed by atoms with Crippen molar-refractivity contribution in [3.05, 3.63) is 0 Å². The Labute approximate surface area is 105 Å². The second-order valence-electron chi connectivity index (χ2n) is 5.48. The van der Waals surface area contributed by atoms with Gasteiger partial charge in [-0.15, -0.1) is 0 Å². The van der Waals surface area contributed by atoms with Crippen LogP contribution in [0, 0.1) is 17.2 Å². The number of hydrogen-bond acceptors (Lipinski definition) is 3. The minimum absolute atomic E-state index is 0.255. The maximum atomic E-state index is 9.11. The molecule has 2 unspecified atom stereocenters. The molecule has 3 nitrogen and oxygen atoms in total. The molecule has 3 heteroatoms. The van der Waals surface area contributed by atoms with Crippen molar-refractivity contribution in [2.24, 2.45) is 5.92 Å². The zero-order chi connectivity index (χ0) is 11.9. The molecule has 0 aromatic carbocycles. The Kier molecular flexibility index (Phi) is 5.28. The average Bonchev–Trinajstić information content (AvgIpc) is 2.40. The normalized spacial score (nSPS) is 31.0. The fourth-order valence-corrected chi connectivity index (χ4v) is 3.12. The largest absolute Gasteiger partial charge is 0.311 e. The zero-order valence-corrected chi connectivity index (χ0v) is 10.8. The molecular formula is C14H25N3. The number of nitrogens with one attached hydrogen (secondary N) is 1. The van der Waals surface area contributed by atoms with Crippen molar-refractivity contribution in [3.8, 4) is 6.07 Å². The molecule has 1 heterocycles. The van der Waals surface area contributed by atoms with Gasteiger partial charge in [0.25, 0.3) is 0 Å². The number of likely N-dealkylation sites (tertiary alicyclic amines) is 1. The predicted molar refractivity (Wildman–Crippen MR) is 69.7 cm³/mol. The summed E-state index contributed by atoms with van der Waals surface area (Å²) in [5.41, 5.74) is 0. The molecular weight excluding hydrogens is 210 g/mol. The first-order valence-electron chi connectivity index (χ1n) is 7.25. The van der Waals surface area contributed by atoms with Crippen LogP contribution in [0.3, 0.4) is 0 Å². The summed E-state index contributed by atoms with van der Waals surface area (Å²) in [6.45, 7) is 4.76. The second kappa shape index (κ2) is 6.98. The van der Waals surface area contributed by atoms with Crippen LogP contribution in [0.25, 0.3) is 0 Å². The molecule has 96 valence electrons. The van der Waals surface area contributed by atoms with E-state index in [2.05, 4.69) is 16.3 Å². The van der Waals surface area contributed by atoms with E-state index in [-0.39, 0.29) is 5.92 Å². The molecule has 2 rings (SSSR count). The molecule has 1 saturated heterocycles. The molecule has 1 N–H and O–H groups in total. The van der Waals surface area contributed by atoms with E-state index in [0.29, 0.717) is 6.04 Å². The molecule has 0 aromatic rings. The van der Waals surface area contributed by atoms with Gasteiger partial charge in [0, 0.05) is 19.1 Å². The van der Waals surface area contributed by atoms with Crippen LogP contribution in [-0.4, -0.2) is 37.1 Å². The van der Waals surface area contributed by atoms with Crippen LogP contribution in [0.4, 0.5) is 0 Å². The van der Waals surface area contributed by atoms with Gasteiger partial charge in [-0.05, 0) is 38.8 Å². The van der Waals surface area contributed by atoms with Gasteiger partial charge in [0.15, 0.2) is 0 Å². The summed E-state index contributed by atoms with van der Waals surface area (Å²) in [6, 6.07) is 2.92. The van der Waals surface area contributed by atoms with E-state index in [9.17, 15) is 0 Å². The first-order valence-corrected chi connectivity index (χ1v) is 7.25. The topological polar surface area (TPSA) is 39.1 Å². The van der Waals surface area contributed by atoms with Gasteiger partial charge in [0.1, 0.15) is 0 Å². The van der Waals surface area contributed by atoms with Gasteiger partial charge in [-0.3, -0.25) is 0 Å². The van der Waals surface area contributed by atoms with E-state index in [0.717, 1.165) is 19.5 Å². The van der Waals surface area contributed by atoms with Crippen molar-refractivity contribution in [1.29, 1.82) is 5.26 Å². The summed E-state index contributed by atoms with van der Waals surface area (Å²) >= 11 is 0. The van der Waals surface area contributed by atoms with Crippen LogP contribution < -0.4 is 5.32 Å². The van der Waals surface area contributed by atoms with E-state index >= 15 is 0 Å². The third kappa shape index (κ3) is 3.97. The number of rotatable bonds is 4. The van der Waals surface area contributed by atoms with E-state index < -0.39 is 0 Å². The van der Waals surface area contributed by atoms with Gasteiger partial charge in [-0.2, -0.15) is 5.26 Å². The standard InChI is InChI=1S/C14H25N3/c15-12-13-6-2-3-7-14(13)16-8-11-17-9-4-1-5-10-17/h13-14,16H,1-11H2. The Bertz CT molecular complexity index is 253. The van der Waals surface area contributed by atoms with E-state index in [4.69, 9.17) is 5.26 Å². The van der Waals surface area contributed by atoms with Crippen LogP contribution in [0.15, 0.2) is 0 Å².